The van der Waals surface area contributed by atoms with Crippen LogP contribution in [0.5, 0.6) is 0 Å². The molecule has 0 bridgehead atoms. The highest BCUT2D eigenvalue weighted by Crippen LogP contribution is 2.29. The maximum absolute atomic E-state index is 12.6. The Morgan fingerprint density at radius 1 is 1.09 bits per heavy atom. The van der Waals surface area contributed by atoms with Crippen LogP contribution in [0.4, 0.5) is 5.82 Å². The SMILES string of the molecule is CCN(CC)CC(O)CCC(=O)c1ccc(C#Cc2c(N)ncc3[nH]c4ccccc4c23)cc1. The lowest BCUT2D eigenvalue weighted by Gasteiger charge is -2.21. The molecule has 6 heteroatoms. The predicted octanol–water partition coefficient (Wildman–Crippen LogP) is 4.36. The lowest BCUT2D eigenvalue weighted by Crippen LogP contribution is -2.32. The van der Waals surface area contributed by atoms with E-state index in [1.54, 1.807) is 18.3 Å². The van der Waals surface area contributed by atoms with Crippen LogP contribution in [0.3, 0.4) is 0 Å². The van der Waals surface area contributed by atoms with E-state index in [2.05, 4.69) is 40.6 Å². The van der Waals surface area contributed by atoms with Crippen LogP contribution in [-0.4, -0.2) is 51.5 Å². The van der Waals surface area contributed by atoms with Gasteiger partial charge in [-0.05, 0) is 37.7 Å². The van der Waals surface area contributed by atoms with Crippen LogP contribution in [0.25, 0.3) is 21.8 Å². The van der Waals surface area contributed by atoms with E-state index in [9.17, 15) is 9.90 Å². The van der Waals surface area contributed by atoms with E-state index in [1.165, 1.54) is 0 Å². The number of hydrogen-bond donors (Lipinski definition) is 3. The second-order valence-electron chi connectivity index (χ2n) is 8.41. The van der Waals surface area contributed by atoms with Gasteiger partial charge >= 0.3 is 0 Å². The Balaban J connectivity index is 1.48. The number of nitrogens with one attached hydrogen (secondary N) is 1. The van der Waals surface area contributed by atoms with E-state index >= 15 is 0 Å². The molecule has 1 unspecified atom stereocenters. The lowest BCUT2D eigenvalue weighted by molar-refractivity contribution is 0.0877. The molecule has 34 heavy (non-hydrogen) atoms. The minimum atomic E-state index is -0.500. The fourth-order valence-electron chi connectivity index (χ4n) is 4.17. The number of carbonyl (C=O) groups is 1. The number of nitrogen functional groups attached to an aromatic ring is 1. The molecule has 0 saturated carbocycles. The van der Waals surface area contributed by atoms with Gasteiger partial charge in [0.15, 0.2) is 5.78 Å². The molecule has 0 aliphatic heterocycles. The summed E-state index contributed by atoms with van der Waals surface area (Å²) in [6.45, 7) is 6.51. The molecule has 2 aromatic heterocycles. The summed E-state index contributed by atoms with van der Waals surface area (Å²) in [5.41, 5.74) is 10.2. The Morgan fingerprint density at radius 2 is 1.82 bits per heavy atom. The quantitative estimate of drug-likeness (QED) is 0.272. The van der Waals surface area contributed by atoms with Crippen molar-refractivity contribution in [3.05, 3.63) is 71.4 Å². The summed E-state index contributed by atoms with van der Waals surface area (Å²) in [5.74, 6) is 6.76. The number of pyridine rings is 1. The maximum Gasteiger partial charge on any atom is 0.162 e. The van der Waals surface area contributed by atoms with E-state index in [0.29, 0.717) is 36.3 Å². The predicted molar refractivity (Wildman–Crippen MR) is 138 cm³/mol. The summed E-state index contributed by atoms with van der Waals surface area (Å²) in [6.07, 6.45) is 2.01. The maximum atomic E-state index is 12.6. The second-order valence-corrected chi connectivity index (χ2v) is 8.41. The average molecular weight is 455 g/mol. The first-order valence-corrected chi connectivity index (χ1v) is 11.7. The number of likely N-dealkylation sites (N-methyl/N-ethyl adjacent to an activating group) is 1. The van der Waals surface area contributed by atoms with Gasteiger partial charge in [0, 0.05) is 40.4 Å². The van der Waals surface area contributed by atoms with Crippen molar-refractivity contribution in [3.63, 3.8) is 0 Å². The number of aromatic amines is 1. The van der Waals surface area contributed by atoms with Crippen molar-refractivity contribution >= 4 is 33.4 Å². The topological polar surface area (TPSA) is 95.2 Å². The number of aromatic nitrogens is 2. The number of nitrogens with zero attached hydrogens (tertiary/aromatic N) is 2. The van der Waals surface area contributed by atoms with Crippen molar-refractivity contribution in [2.45, 2.75) is 32.8 Å². The average Bonchev–Trinajstić information content (AvgIpc) is 3.24. The minimum Gasteiger partial charge on any atom is -0.392 e. The standard InChI is InChI=1S/C28H30N4O2/c1-3-32(4-2)18-21(33)14-16-26(34)20-12-9-19(10-13-20)11-15-23-27-22-7-5-6-8-24(22)31-25(27)17-30-28(23)29/h5-10,12-13,17,21,31,33H,3-4,14,16,18H2,1-2H3,(H2,29,30). The zero-order chi connectivity index (χ0) is 24.1. The Bertz CT molecular complexity index is 1360. The van der Waals surface area contributed by atoms with Crippen molar-refractivity contribution in [2.75, 3.05) is 25.4 Å². The van der Waals surface area contributed by atoms with Gasteiger partial charge in [0.05, 0.1) is 23.4 Å². The molecule has 4 rings (SSSR count). The first kappa shape index (κ1) is 23.5. The number of hydrogen-bond acceptors (Lipinski definition) is 5. The van der Waals surface area contributed by atoms with Gasteiger partial charge in [-0.15, -0.1) is 0 Å². The summed E-state index contributed by atoms with van der Waals surface area (Å²) in [5, 5.41) is 12.2. The molecule has 0 saturated heterocycles. The second kappa shape index (κ2) is 10.5. The number of anilines is 1. The lowest BCUT2D eigenvalue weighted by atomic mass is 10.0. The first-order chi connectivity index (χ1) is 16.5. The molecule has 0 aliphatic carbocycles. The summed E-state index contributed by atoms with van der Waals surface area (Å²) in [7, 11) is 0. The molecule has 6 nitrogen and oxygen atoms in total. The van der Waals surface area contributed by atoms with Crippen molar-refractivity contribution < 1.29 is 9.90 Å². The zero-order valence-corrected chi connectivity index (χ0v) is 19.6. The largest absolute Gasteiger partial charge is 0.392 e. The van der Waals surface area contributed by atoms with Crippen LogP contribution in [-0.2, 0) is 0 Å². The number of fused-ring (bicyclic) bond motifs is 3. The molecule has 0 aliphatic rings. The number of aliphatic hydroxyl groups is 1. The molecule has 0 fully saturated rings. The number of para-hydroxylation sites is 1. The van der Waals surface area contributed by atoms with Gasteiger partial charge in [0.2, 0.25) is 0 Å². The molecule has 1 atom stereocenters. The van der Waals surface area contributed by atoms with E-state index < -0.39 is 6.10 Å². The van der Waals surface area contributed by atoms with Gasteiger partial charge in [-0.2, -0.15) is 0 Å². The number of ketones is 1. The molecule has 174 valence electrons. The monoisotopic (exact) mass is 454 g/mol. The van der Waals surface area contributed by atoms with Gasteiger partial charge in [0.25, 0.3) is 0 Å². The first-order valence-electron chi connectivity index (χ1n) is 11.7. The Labute approximate surface area is 199 Å². The highest BCUT2D eigenvalue weighted by Gasteiger charge is 2.13. The third-order valence-electron chi connectivity index (χ3n) is 6.18. The normalized spacial score (nSPS) is 12.1. The van der Waals surface area contributed by atoms with Gasteiger partial charge in [0.1, 0.15) is 5.82 Å². The Hall–Kier alpha value is -3.66. The number of Topliss-reactive ketones (excluding diaryl/α,β-unsaturated/α-hetero) is 1. The smallest absolute Gasteiger partial charge is 0.162 e. The number of rotatable bonds is 8. The van der Waals surface area contributed by atoms with Crippen molar-refractivity contribution in [3.8, 4) is 11.8 Å². The fraction of sp³-hybridized carbons (Fsp3) is 0.286. The van der Waals surface area contributed by atoms with E-state index in [0.717, 1.165) is 40.5 Å². The van der Waals surface area contributed by atoms with Crippen molar-refractivity contribution in [1.29, 1.82) is 0 Å². The number of nitrogens with two attached hydrogens (primary N) is 1. The molecule has 0 radical (unpaired) electrons. The van der Waals surface area contributed by atoms with Crippen LogP contribution in [0.15, 0.2) is 54.7 Å². The third-order valence-corrected chi connectivity index (χ3v) is 6.18. The van der Waals surface area contributed by atoms with Crippen LogP contribution in [0.1, 0.15) is 48.2 Å². The van der Waals surface area contributed by atoms with Gasteiger partial charge in [-0.1, -0.05) is 56.0 Å². The summed E-state index contributed by atoms with van der Waals surface area (Å²) in [6, 6.07) is 15.3. The molecule has 2 aromatic carbocycles. The number of H-pyrrole nitrogens is 1. The Kier molecular flexibility index (Phi) is 7.27. The molecule has 0 spiro atoms. The summed E-state index contributed by atoms with van der Waals surface area (Å²) < 4.78 is 0. The van der Waals surface area contributed by atoms with Crippen molar-refractivity contribution in [2.24, 2.45) is 0 Å². The van der Waals surface area contributed by atoms with E-state index in [-0.39, 0.29) is 5.78 Å². The fourth-order valence-corrected chi connectivity index (χ4v) is 4.17. The van der Waals surface area contributed by atoms with Crippen molar-refractivity contribution in [1.82, 2.24) is 14.9 Å². The van der Waals surface area contributed by atoms with E-state index in [4.69, 9.17) is 5.73 Å². The molecule has 4 aromatic rings. The summed E-state index contributed by atoms with van der Waals surface area (Å²) in [4.78, 5) is 22.4. The third kappa shape index (κ3) is 5.12. The molecular formula is C28H30N4O2. The minimum absolute atomic E-state index is 0.0233. The van der Waals surface area contributed by atoms with Gasteiger partial charge in [-0.25, -0.2) is 4.98 Å². The number of benzene rings is 2. The van der Waals surface area contributed by atoms with E-state index in [1.807, 2.05) is 36.4 Å². The van der Waals surface area contributed by atoms with Crippen LogP contribution < -0.4 is 5.73 Å². The highest BCUT2D eigenvalue weighted by molar-refractivity contribution is 6.11. The van der Waals surface area contributed by atoms with Gasteiger partial charge in [-0.3, -0.25) is 4.79 Å². The highest BCUT2D eigenvalue weighted by atomic mass is 16.3. The summed E-state index contributed by atoms with van der Waals surface area (Å²) >= 11 is 0. The molecule has 0 amide bonds. The zero-order valence-electron chi connectivity index (χ0n) is 19.6. The Morgan fingerprint density at radius 3 is 2.56 bits per heavy atom. The van der Waals surface area contributed by atoms with Crippen LogP contribution in [0.2, 0.25) is 0 Å². The molecule has 2 heterocycles. The van der Waals surface area contributed by atoms with Crippen LogP contribution >= 0.6 is 0 Å². The van der Waals surface area contributed by atoms with Gasteiger partial charge < -0.3 is 20.7 Å². The molecule has 4 N–H and O–H groups in total. The number of aliphatic hydroxyl groups excluding tert-OH is 1. The number of carbonyl (C=O) groups excluding carboxylic acids is 1. The molecular weight excluding hydrogens is 424 g/mol. The van der Waals surface area contributed by atoms with Crippen LogP contribution in [0, 0.1) is 11.8 Å².